The maximum atomic E-state index is 13.9. The Morgan fingerprint density at radius 3 is 0.891 bits per heavy atom. The van der Waals surface area contributed by atoms with Gasteiger partial charge in [0.15, 0.2) is 0 Å². The zero-order chi connectivity index (χ0) is 77.5. The van der Waals surface area contributed by atoms with Gasteiger partial charge in [-0.15, -0.1) is 12.4 Å². The van der Waals surface area contributed by atoms with E-state index in [1.54, 1.807) is 0 Å². The van der Waals surface area contributed by atoms with Gasteiger partial charge in [0.25, 0.3) is 0 Å². The summed E-state index contributed by atoms with van der Waals surface area (Å²) in [7, 11) is 0. The average Bonchev–Trinajstić information content (AvgIpc) is 1.68. The molecule has 0 aliphatic heterocycles. The summed E-state index contributed by atoms with van der Waals surface area (Å²) in [5.41, 5.74) is 27.4. The number of alkyl carbamates (subject to hydrolysis) is 2. The van der Waals surface area contributed by atoms with E-state index in [1.165, 1.54) is 27.7 Å². The molecule has 21 nitrogen and oxygen atoms in total. The van der Waals surface area contributed by atoms with E-state index in [0.29, 0.717) is 0 Å². The fourth-order valence-corrected chi connectivity index (χ4v) is 13.5. The molecule has 0 heterocycles. The number of hydrogen-bond donors (Lipinski definition) is 9. The maximum Gasteiger partial charge on any atom is 0.407 e. The number of primary amides is 2. The van der Waals surface area contributed by atoms with Crippen molar-refractivity contribution < 1.29 is 62.4 Å². The number of carbonyl (C=O) groups is 8. The highest BCUT2D eigenvalue weighted by Gasteiger charge is 2.41. The SMILES string of the molecule is CC(N)C(=O)NC(C)C(N)=O.CC(NC(=O)C(C)NC(=O)C(CCOC(c1ccccc1)(c1ccccc1)c1ccccc1)NC(=O)OCC1c2ccccc2-c2ccccc21)C(N)=O.Cl.O=C(NC(CCOC(c1ccccc1)(c1ccccc1)c1ccccc1)C(=O)O)OCC1c2ccccc2-c2ccccc21. The van der Waals surface area contributed by atoms with E-state index in [1.807, 2.05) is 255 Å². The Hall–Kier alpha value is -12.3. The van der Waals surface area contributed by atoms with E-state index in [-0.39, 0.29) is 69.4 Å². The van der Waals surface area contributed by atoms with Crippen LogP contribution < -0.4 is 43.8 Å². The Morgan fingerprint density at radius 2 is 0.609 bits per heavy atom. The number of carbonyl (C=O) groups excluding carboxylic acids is 7. The predicted molar refractivity (Wildman–Crippen MR) is 423 cm³/mol. The fourth-order valence-electron chi connectivity index (χ4n) is 13.5. The lowest BCUT2D eigenvalue weighted by molar-refractivity contribution is -0.140. The Kier molecular flexibility index (Phi) is 29.0. The van der Waals surface area contributed by atoms with Gasteiger partial charge in [-0.1, -0.05) is 279 Å². The van der Waals surface area contributed by atoms with Crippen LogP contribution in [0.1, 0.15) is 108 Å². The molecule has 12 rings (SSSR count). The van der Waals surface area contributed by atoms with Gasteiger partial charge >= 0.3 is 18.2 Å². The molecule has 10 aromatic rings. The topological polar surface area (TPSA) is 332 Å². The zero-order valence-corrected chi connectivity index (χ0v) is 62.2. The number of benzene rings is 10. The van der Waals surface area contributed by atoms with Gasteiger partial charge in [-0.05, 0) is 106 Å². The van der Waals surface area contributed by atoms with E-state index in [4.69, 9.17) is 36.1 Å². The van der Waals surface area contributed by atoms with Crippen molar-refractivity contribution in [3.63, 3.8) is 0 Å². The van der Waals surface area contributed by atoms with Crippen molar-refractivity contribution in [3.05, 3.63) is 335 Å². The van der Waals surface area contributed by atoms with Gasteiger partial charge in [-0.25, -0.2) is 14.4 Å². The third kappa shape index (κ3) is 19.9. The molecule has 10 aromatic carbocycles. The summed E-state index contributed by atoms with van der Waals surface area (Å²) < 4.78 is 25.0. The van der Waals surface area contributed by atoms with Gasteiger partial charge in [0.1, 0.15) is 54.6 Å². The zero-order valence-electron chi connectivity index (χ0n) is 61.4. The van der Waals surface area contributed by atoms with E-state index in [0.717, 1.165) is 77.9 Å². The van der Waals surface area contributed by atoms with Gasteiger partial charge in [-0.3, -0.25) is 24.0 Å². The highest BCUT2D eigenvalue weighted by atomic mass is 35.5. The van der Waals surface area contributed by atoms with Crippen molar-refractivity contribution in [2.24, 2.45) is 17.2 Å². The number of halogens is 1. The van der Waals surface area contributed by atoms with Gasteiger partial charge < -0.3 is 67.8 Å². The van der Waals surface area contributed by atoms with Crippen LogP contribution in [0.2, 0.25) is 0 Å². The largest absolute Gasteiger partial charge is 0.480 e. The van der Waals surface area contributed by atoms with Crippen LogP contribution in [-0.2, 0) is 58.9 Å². The second-order valence-electron chi connectivity index (χ2n) is 26.5. The van der Waals surface area contributed by atoms with Crippen molar-refractivity contribution >= 4 is 60.1 Å². The molecule has 0 fully saturated rings. The third-order valence-corrected chi connectivity index (χ3v) is 19.2. The van der Waals surface area contributed by atoms with E-state index < -0.39 is 89.2 Å². The molecule has 568 valence electrons. The number of amides is 7. The lowest BCUT2D eigenvalue weighted by Crippen LogP contribution is -2.55. The molecule has 2 aliphatic rings. The molecular formula is C88H91ClN8O13. The molecule has 12 N–H and O–H groups in total. The summed E-state index contributed by atoms with van der Waals surface area (Å²) in [5, 5.41) is 22.8. The molecule has 0 spiro atoms. The highest BCUT2D eigenvalue weighted by Crippen LogP contribution is 2.47. The molecule has 7 amide bonds. The summed E-state index contributed by atoms with van der Waals surface area (Å²) >= 11 is 0. The quantitative estimate of drug-likeness (QED) is 0.0197. The molecule has 6 unspecified atom stereocenters. The Labute approximate surface area is 646 Å². The van der Waals surface area contributed by atoms with Gasteiger partial charge in [0.2, 0.25) is 29.5 Å². The average molecular weight is 1500 g/mol. The van der Waals surface area contributed by atoms with Crippen LogP contribution in [0.15, 0.2) is 279 Å². The first kappa shape index (κ1) is 81.8. The number of carboxylic acid groups (broad SMARTS) is 1. The first-order chi connectivity index (χ1) is 52.7. The third-order valence-electron chi connectivity index (χ3n) is 19.2. The molecular weight excluding hydrogens is 1410 g/mol. The number of nitrogens with two attached hydrogens (primary N) is 3. The van der Waals surface area contributed by atoms with Gasteiger partial charge in [0, 0.05) is 24.7 Å². The van der Waals surface area contributed by atoms with Crippen LogP contribution in [0.4, 0.5) is 9.59 Å². The molecule has 0 aromatic heterocycles. The van der Waals surface area contributed by atoms with Crippen LogP contribution in [0.5, 0.6) is 0 Å². The van der Waals surface area contributed by atoms with E-state index >= 15 is 0 Å². The fraction of sp³-hybridized carbons (Fsp3) is 0.227. The van der Waals surface area contributed by atoms with Crippen molar-refractivity contribution in [2.75, 3.05) is 26.4 Å². The number of ether oxygens (including phenoxy) is 4. The van der Waals surface area contributed by atoms with Crippen molar-refractivity contribution in [3.8, 4) is 22.3 Å². The smallest absolute Gasteiger partial charge is 0.407 e. The standard InChI is InChI=1S/C44H44N4O6.C38H33NO5.C6H13N3O2.ClH/c1-29(40(45)49)46-41(50)30(2)47-42(51)39(48-43(52)53-28-38-36-24-14-12-22-34(36)35-23-13-15-25-37(35)38)26-27-54-44(31-16-6-3-7-17-31,32-18-8-4-9-19-32)33-20-10-5-11-21-33;40-36(41)35(39-37(42)43-26-34-32-22-12-10-20-30(32)31-21-11-13-23-33(31)34)24-25-44-38(27-14-4-1-5-15-27,28-16-6-2-7-17-28)29-18-8-3-9-19-29;1-3(7)6(11)9-4(2)5(8)10;/h3-25,29-30,38-39H,26-28H2,1-2H3,(H2,45,49)(H,46,50)(H,47,51)(H,48,52);1-23,34-35H,24-26H2,(H,39,42)(H,40,41);3-4H,7H2,1-2H3,(H2,8,10)(H,9,11);1H. The maximum absolute atomic E-state index is 13.9. The summed E-state index contributed by atoms with van der Waals surface area (Å²) in [6, 6.07) is 85.6. The summed E-state index contributed by atoms with van der Waals surface area (Å²) in [6.45, 7) is 6.18. The normalized spacial score (nSPS) is 13.5. The molecule has 0 saturated heterocycles. The van der Waals surface area contributed by atoms with Crippen LogP contribution in [0.3, 0.4) is 0 Å². The van der Waals surface area contributed by atoms with Gasteiger partial charge in [0.05, 0.1) is 19.3 Å². The van der Waals surface area contributed by atoms with E-state index in [9.17, 15) is 43.5 Å². The minimum Gasteiger partial charge on any atom is -0.480 e. The number of nitrogens with one attached hydrogen (secondary N) is 5. The number of fused-ring (bicyclic) bond motifs is 6. The number of hydrogen-bond acceptors (Lipinski definition) is 13. The van der Waals surface area contributed by atoms with Crippen molar-refractivity contribution in [2.45, 2.75) is 99.8 Å². The lowest BCUT2D eigenvalue weighted by atomic mass is 9.80. The lowest BCUT2D eigenvalue weighted by Gasteiger charge is -2.36. The number of rotatable bonds is 29. The summed E-state index contributed by atoms with van der Waals surface area (Å²) in [4.78, 5) is 98.2. The van der Waals surface area contributed by atoms with Crippen molar-refractivity contribution in [1.29, 1.82) is 0 Å². The first-order valence-electron chi connectivity index (χ1n) is 36.0. The molecule has 2 aliphatic carbocycles. The van der Waals surface area contributed by atoms with Crippen LogP contribution >= 0.6 is 12.4 Å². The molecule has 0 saturated carbocycles. The molecule has 0 bridgehead atoms. The summed E-state index contributed by atoms with van der Waals surface area (Å²) in [6.07, 6.45) is -1.51. The van der Waals surface area contributed by atoms with E-state index in [2.05, 4.69) is 50.8 Å². The molecule has 6 atom stereocenters. The Balaban J connectivity index is 0.000000224. The van der Waals surface area contributed by atoms with Crippen LogP contribution in [0, 0.1) is 0 Å². The molecule has 110 heavy (non-hydrogen) atoms. The highest BCUT2D eigenvalue weighted by molar-refractivity contribution is 5.93. The minimum absolute atomic E-state index is 0. The van der Waals surface area contributed by atoms with Crippen molar-refractivity contribution in [1.82, 2.24) is 26.6 Å². The number of carboxylic acids is 1. The second-order valence-corrected chi connectivity index (χ2v) is 26.5. The first-order valence-corrected chi connectivity index (χ1v) is 36.0. The molecule has 0 radical (unpaired) electrons. The van der Waals surface area contributed by atoms with Crippen LogP contribution in [0.25, 0.3) is 22.3 Å². The predicted octanol–water partition coefficient (Wildman–Crippen LogP) is 11.9. The molecule has 22 heteroatoms. The summed E-state index contributed by atoms with van der Waals surface area (Å²) in [5.74, 6) is -4.37. The Bertz CT molecular complexity index is 4460. The number of aliphatic carboxylic acids is 1. The monoisotopic (exact) mass is 1500 g/mol. The second kappa shape index (κ2) is 39.0. The van der Waals surface area contributed by atoms with Crippen LogP contribution in [-0.4, -0.2) is 115 Å². The minimum atomic E-state index is -1.20. The Morgan fingerprint density at radius 1 is 0.355 bits per heavy atom. The van der Waals surface area contributed by atoms with Gasteiger partial charge in [-0.2, -0.15) is 0 Å².